The molecule has 0 aliphatic carbocycles. The third kappa shape index (κ3) is 2.82. The average Bonchev–Trinajstić information content (AvgIpc) is 3.04. The smallest absolute Gasteiger partial charge is 0.214 e. The number of benzene rings is 3. The van der Waals surface area contributed by atoms with Crippen LogP contribution >= 0.6 is 0 Å². The third-order valence-electron chi connectivity index (χ3n) is 5.79. The van der Waals surface area contributed by atoms with Gasteiger partial charge in [-0.25, -0.2) is 0 Å². The van der Waals surface area contributed by atoms with Crippen molar-refractivity contribution in [3.05, 3.63) is 89.7 Å². The molecular weight excluding hydrogens is 354 g/mol. The van der Waals surface area contributed by atoms with Crippen molar-refractivity contribution in [2.24, 2.45) is 7.05 Å². The normalized spacial score (nSPS) is 11.4. The van der Waals surface area contributed by atoms with Crippen LogP contribution in [0.3, 0.4) is 0 Å². The van der Waals surface area contributed by atoms with Gasteiger partial charge in [-0.3, -0.25) is 4.68 Å². The Labute approximate surface area is 170 Å². The summed E-state index contributed by atoms with van der Waals surface area (Å²) in [6.45, 7) is 6.56. The van der Waals surface area contributed by atoms with E-state index in [0.29, 0.717) is 0 Å². The maximum Gasteiger partial charge on any atom is 0.214 e. The number of aromatic nitrogens is 3. The molecule has 0 aliphatic heterocycles. The van der Waals surface area contributed by atoms with E-state index in [0.717, 1.165) is 5.52 Å². The van der Waals surface area contributed by atoms with Crippen molar-refractivity contribution in [1.82, 2.24) is 9.78 Å². The molecule has 142 valence electrons. The number of hydrogen-bond acceptors (Lipinski definition) is 1. The van der Waals surface area contributed by atoms with Gasteiger partial charge in [0.1, 0.15) is 0 Å². The van der Waals surface area contributed by atoms with Crippen molar-refractivity contribution in [2.45, 2.75) is 20.8 Å². The zero-order valence-corrected chi connectivity index (χ0v) is 17.3. The van der Waals surface area contributed by atoms with Crippen LogP contribution in [0.2, 0.25) is 0 Å². The van der Waals surface area contributed by atoms with Crippen LogP contribution < -0.4 is 4.57 Å². The molecule has 0 amide bonds. The molecule has 2 aromatic heterocycles. The minimum atomic E-state index is 1.03. The van der Waals surface area contributed by atoms with Crippen LogP contribution in [0.25, 0.3) is 38.6 Å². The first-order valence-corrected chi connectivity index (χ1v) is 9.98. The first-order chi connectivity index (χ1) is 14.0. The summed E-state index contributed by atoms with van der Waals surface area (Å²) in [5, 5.41) is 8.43. The van der Waals surface area contributed by atoms with E-state index in [9.17, 15) is 0 Å². The Morgan fingerprint density at radius 3 is 2.38 bits per heavy atom. The molecule has 0 saturated carbocycles. The van der Waals surface area contributed by atoms with Crippen LogP contribution in [-0.2, 0) is 7.05 Å². The number of nitrogens with zero attached hydrogens (tertiary/aromatic N) is 3. The molecule has 0 radical (unpaired) electrons. The highest BCUT2D eigenvalue weighted by Crippen LogP contribution is 2.33. The Morgan fingerprint density at radius 2 is 1.55 bits per heavy atom. The molecule has 3 nitrogen and oxygen atoms in total. The number of aryl methyl sites for hydroxylation is 3. The Bertz CT molecular complexity index is 1390. The molecule has 0 aliphatic rings. The van der Waals surface area contributed by atoms with Gasteiger partial charge in [0.05, 0.1) is 11.2 Å². The molecule has 0 fully saturated rings. The van der Waals surface area contributed by atoms with Crippen molar-refractivity contribution < 1.29 is 4.57 Å². The maximum absolute atomic E-state index is 4.73. The monoisotopic (exact) mass is 378 g/mol. The number of pyridine rings is 1. The van der Waals surface area contributed by atoms with Crippen LogP contribution in [0, 0.1) is 20.8 Å². The Morgan fingerprint density at radius 1 is 0.828 bits per heavy atom. The Kier molecular flexibility index (Phi) is 3.99. The van der Waals surface area contributed by atoms with E-state index < -0.39 is 0 Å². The van der Waals surface area contributed by atoms with Gasteiger partial charge in [-0.05, 0) is 43.0 Å². The molecule has 3 heteroatoms. The highest BCUT2D eigenvalue weighted by atomic mass is 15.3. The quantitative estimate of drug-likeness (QED) is 0.367. The lowest BCUT2D eigenvalue weighted by atomic mass is 9.97. The number of rotatable bonds is 2. The van der Waals surface area contributed by atoms with E-state index in [4.69, 9.17) is 5.10 Å². The fraction of sp³-hybridized carbons (Fsp3) is 0.154. The largest absolute Gasteiger partial charge is 0.267 e. The predicted octanol–water partition coefficient (Wildman–Crippen LogP) is 5.60. The van der Waals surface area contributed by atoms with Crippen LogP contribution in [0.15, 0.2) is 72.9 Å². The lowest BCUT2D eigenvalue weighted by Gasteiger charge is -2.12. The molecule has 5 rings (SSSR count). The number of hydrogen-bond donors (Lipinski definition) is 0. The number of fused-ring (bicyclic) bond motifs is 2. The second kappa shape index (κ2) is 6.56. The summed E-state index contributed by atoms with van der Waals surface area (Å²) in [7, 11) is 2.03. The van der Waals surface area contributed by atoms with Crippen molar-refractivity contribution in [1.29, 1.82) is 0 Å². The second-order valence-electron chi connectivity index (χ2n) is 7.86. The Balaban J connectivity index is 1.80. The van der Waals surface area contributed by atoms with Crippen molar-refractivity contribution in [3.63, 3.8) is 0 Å². The summed E-state index contributed by atoms with van der Waals surface area (Å²) in [6.07, 6.45) is 2.25. The van der Waals surface area contributed by atoms with Gasteiger partial charge in [0.2, 0.25) is 5.69 Å². The lowest BCUT2D eigenvalue weighted by molar-refractivity contribution is -0.601. The topological polar surface area (TPSA) is 21.7 Å². The molecule has 0 atom stereocenters. The third-order valence-corrected chi connectivity index (χ3v) is 5.79. The fourth-order valence-electron chi connectivity index (χ4n) is 4.36. The van der Waals surface area contributed by atoms with Gasteiger partial charge in [-0.2, -0.15) is 9.67 Å². The van der Waals surface area contributed by atoms with Gasteiger partial charge in [-0.1, -0.05) is 36.4 Å². The zero-order valence-electron chi connectivity index (χ0n) is 17.3. The van der Waals surface area contributed by atoms with E-state index in [-0.39, 0.29) is 0 Å². The molecular formula is C26H24N3+. The first-order valence-electron chi connectivity index (χ1n) is 9.98. The van der Waals surface area contributed by atoms with Gasteiger partial charge in [0, 0.05) is 48.0 Å². The van der Waals surface area contributed by atoms with Crippen molar-refractivity contribution in [2.75, 3.05) is 0 Å². The zero-order chi connectivity index (χ0) is 20.1. The minimum Gasteiger partial charge on any atom is -0.267 e. The van der Waals surface area contributed by atoms with Gasteiger partial charge in [-0.15, -0.1) is 0 Å². The highest BCUT2D eigenvalue weighted by molar-refractivity contribution is 5.94. The molecule has 3 aromatic carbocycles. The summed E-state index contributed by atoms with van der Waals surface area (Å²) < 4.78 is 4.32. The minimum absolute atomic E-state index is 1.03. The summed E-state index contributed by atoms with van der Waals surface area (Å²) in [5.41, 5.74) is 8.37. The van der Waals surface area contributed by atoms with Gasteiger partial charge < -0.3 is 0 Å². The molecule has 0 saturated heterocycles. The van der Waals surface area contributed by atoms with Gasteiger partial charge in [0.25, 0.3) is 0 Å². The summed E-state index contributed by atoms with van der Waals surface area (Å²) in [4.78, 5) is 0. The molecule has 0 bridgehead atoms. The molecule has 2 heterocycles. The molecule has 0 N–H and O–H groups in total. The summed E-state index contributed by atoms with van der Waals surface area (Å²) >= 11 is 0. The molecule has 0 spiro atoms. The van der Waals surface area contributed by atoms with Crippen molar-refractivity contribution >= 4 is 21.7 Å². The maximum atomic E-state index is 4.73. The van der Waals surface area contributed by atoms with E-state index >= 15 is 0 Å². The lowest BCUT2D eigenvalue weighted by Crippen LogP contribution is -2.35. The van der Waals surface area contributed by atoms with Gasteiger partial charge in [0.15, 0.2) is 11.9 Å². The summed E-state index contributed by atoms with van der Waals surface area (Å²) in [5.74, 6) is 0. The fourth-order valence-corrected chi connectivity index (χ4v) is 4.36. The van der Waals surface area contributed by atoms with E-state index in [2.05, 4.69) is 92.2 Å². The molecule has 29 heavy (non-hydrogen) atoms. The highest BCUT2D eigenvalue weighted by Gasteiger charge is 2.21. The molecule has 0 unspecified atom stereocenters. The van der Waals surface area contributed by atoms with Crippen LogP contribution in [-0.4, -0.2) is 9.78 Å². The standard InChI is InChI=1S/C26H24N3/c1-17-13-23(26-22-11-7-8-12-24(22)27-28(26)4)19(3)25(14-17)29-16-21-10-6-5-9-20(21)15-18(29)2/h5-16H,1-4H3/q+1. The predicted molar refractivity (Wildman–Crippen MR) is 119 cm³/mol. The van der Waals surface area contributed by atoms with Gasteiger partial charge >= 0.3 is 0 Å². The van der Waals surface area contributed by atoms with E-state index in [1.54, 1.807) is 0 Å². The first kappa shape index (κ1) is 17.6. The van der Waals surface area contributed by atoms with E-state index in [1.165, 1.54) is 49.9 Å². The average molecular weight is 378 g/mol. The molecule has 5 aromatic rings. The Hall–Kier alpha value is -3.46. The van der Waals surface area contributed by atoms with E-state index in [1.807, 2.05) is 17.8 Å². The van der Waals surface area contributed by atoms with Crippen molar-refractivity contribution in [3.8, 4) is 16.9 Å². The second-order valence-corrected chi connectivity index (χ2v) is 7.86. The SMILES string of the molecule is Cc1cc(-c2c3ccccc3nn2C)c(C)c(-[n+]2cc3ccccc3cc2C)c1. The van der Waals surface area contributed by atoms with Crippen LogP contribution in [0.4, 0.5) is 0 Å². The van der Waals surface area contributed by atoms with Crippen LogP contribution in [0.5, 0.6) is 0 Å². The summed E-state index contributed by atoms with van der Waals surface area (Å²) in [6, 6.07) is 23.7. The van der Waals surface area contributed by atoms with Crippen LogP contribution in [0.1, 0.15) is 16.8 Å².